The highest BCUT2D eigenvalue weighted by Gasteiger charge is 2.97. The number of Topliss-reactive ketones (excluding diaryl/α,β-unsaturated/α-hetero) is 6. The summed E-state index contributed by atoms with van der Waals surface area (Å²) in [7, 11) is 0. The highest BCUT2D eigenvalue weighted by Crippen LogP contribution is 2.85. The molecule has 234 valence electrons. The molecule has 0 aliphatic heterocycles. The van der Waals surface area contributed by atoms with E-state index in [1.165, 1.54) is 38.1 Å². The number of aryl methyl sites for hydroxylation is 2. The van der Waals surface area contributed by atoms with E-state index in [1.807, 2.05) is 0 Å². The van der Waals surface area contributed by atoms with E-state index in [9.17, 15) is 49.8 Å². The monoisotopic (exact) mass is 626 g/mol. The zero-order valence-corrected chi connectivity index (χ0v) is 24.8. The van der Waals surface area contributed by atoms with Crippen LogP contribution in [0.5, 0.6) is 11.5 Å². The Morgan fingerprint density at radius 3 is 1.24 bits per heavy atom. The second-order valence-corrected chi connectivity index (χ2v) is 13.6. The number of aromatic hydroxyl groups is 2. The van der Waals surface area contributed by atoms with Gasteiger partial charge in [-0.1, -0.05) is 0 Å². The SMILES string of the molecule is CC(=O)[C@@]1(O)[C@@H]2C(=O)C3=C(O)c4c(O)cc(C)cc4C(=O)[C@@]34[C@H]3C(=O)C5=C(O)c6c(O)cc(C)cc6C(=O)[C@]52[C@@H]([C@@H]14)[C@@]3(O)C(C)=O. The molecule has 6 N–H and O–H groups in total. The first-order valence-corrected chi connectivity index (χ1v) is 14.6. The first-order valence-electron chi connectivity index (χ1n) is 14.6. The predicted molar refractivity (Wildman–Crippen MR) is 154 cm³/mol. The van der Waals surface area contributed by atoms with Crippen LogP contribution in [0.25, 0.3) is 11.5 Å². The highest BCUT2D eigenvalue weighted by molar-refractivity contribution is 6.33. The lowest BCUT2D eigenvalue weighted by Gasteiger charge is -2.58. The van der Waals surface area contributed by atoms with Crippen LogP contribution in [0, 0.1) is 48.3 Å². The number of hydrogen-bond donors (Lipinski definition) is 6. The second-order valence-electron chi connectivity index (χ2n) is 13.6. The molecule has 0 aromatic heterocycles. The lowest BCUT2D eigenvalue weighted by molar-refractivity contribution is -0.171. The number of benzene rings is 2. The molecule has 6 aliphatic carbocycles. The number of ketones is 6. The fourth-order valence-corrected chi connectivity index (χ4v) is 10.6. The summed E-state index contributed by atoms with van der Waals surface area (Å²) in [4.78, 5) is 87.4. The fourth-order valence-electron chi connectivity index (χ4n) is 10.6. The molecule has 4 fully saturated rings. The van der Waals surface area contributed by atoms with Gasteiger partial charge in [-0.05, 0) is 63.1 Å². The summed E-state index contributed by atoms with van der Waals surface area (Å²) in [6.07, 6.45) is 0. The summed E-state index contributed by atoms with van der Waals surface area (Å²) < 4.78 is 0. The molecule has 0 unspecified atom stereocenters. The number of phenols is 2. The van der Waals surface area contributed by atoms with E-state index >= 15 is 9.59 Å². The molecule has 4 saturated carbocycles. The molecule has 2 aromatic carbocycles. The number of carbonyl (C=O) groups is 6. The quantitative estimate of drug-likeness (QED) is 0.280. The van der Waals surface area contributed by atoms with Gasteiger partial charge in [0.05, 0.1) is 44.9 Å². The van der Waals surface area contributed by atoms with Crippen LogP contribution < -0.4 is 0 Å². The smallest absolute Gasteiger partial charge is 0.175 e. The van der Waals surface area contributed by atoms with Crippen molar-refractivity contribution in [2.75, 3.05) is 0 Å². The fraction of sp³-hybridized carbons (Fsp3) is 0.353. The van der Waals surface area contributed by atoms with E-state index in [2.05, 4.69) is 0 Å². The van der Waals surface area contributed by atoms with Crippen LogP contribution in [-0.2, 0) is 19.2 Å². The second kappa shape index (κ2) is 7.71. The summed E-state index contributed by atoms with van der Waals surface area (Å²) >= 11 is 0. The molecule has 6 aliphatic rings. The molecular weight excluding hydrogens is 600 g/mol. The zero-order valence-electron chi connectivity index (χ0n) is 24.8. The van der Waals surface area contributed by atoms with Gasteiger partial charge in [-0.25, -0.2) is 0 Å². The van der Waals surface area contributed by atoms with Crippen LogP contribution in [0.15, 0.2) is 35.4 Å². The van der Waals surface area contributed by atoms with E-state index in [-0.39, 0.29) is 0 Å². The molecule has 0 radical (unpaired) electrons. The molecule has 8 atom stereocenters. The van der Waals surface area contributed by atoms with Gasteiger partial charge in [0, 0.05) is 23.0 Å². The number of fused-ring (bicyclic) bond motifs is 4. The molecule has 0 saturated heterocycles. The Labute approximate surface area is 259 Å². The van der Waals surface area contributed by atoms with Crippen LogP contribution in [-0.4, -0.2) is 76.5 Å². The van der Waals surface area contributed by atoms with Crippen molar-refractivity contribution in [3.8, 4) is 11.5 Å². The van der Waals surface area contributed by atoms with Gasteiger partial charge in [0.25, 0.3) is 0 Å². The third kappa shape index (κ3) is 2.35. The van der Waals surface area contributed by atoms with Gasteiger partial charge in [0.1, 0.15) is 34.2 Å². The van der Waals surface area contributed by atoms with Crippen LogP contribution in [0.3, 0.4) is 0 Å². The van der Waals surface area contributed by atoms with Crippen molar-refractivity contribution in [3.05, 3.63) is 68.8 Å². The average molecular weight is 627 g/mol. The standard InChI is InChI=1S/C34H26O12/c1-9-5-13-17(15(37)7-9)21(39)19-23(41)26-32-20(22(40)18-14(30(32)44)6-10(2)8-16(18)38)24(42)25-31(19,29(13)43)27(34(26,46)12(4)36)28(32)33(25,45)11(3)35/h5-8,25-28,37-40,45-46H,1-4H3/t25-,26-,27-,28-,31-,32-,33-,34-/m1/s1. The molecule has 0 amide bonds. The van der Waals surface area contributed by atoms with Crippen molar-refractivity contribution < 1.29 is 59.4 Å². The number of rotatable bonds is 2. The molecule has 8 rings (SSSR count). The molecule has 2 spiro atoms. The number of aliphatic hydroxyl groups is 4. The van der Waals surface area contributed by atoms with Crippen molar-refractivity contribution in [2.24, 2.45) is 34.5 Å². The first kappa shape index (κ1) is 28.5. The minimum atomic E-state index is -2.98. The number of hydrogen-bond acceptors (Lipinski definition) is 12. The van der Waals surface area contributed by atoms with Gasteiger partial charge in [-0.15, -0.1) is 0 Å². The number of allylic oxidation sites excluding steroid dienone is 2. The topological polar surface area (TPSA) is 224 Å². The van der Waals surface area contributed by atoms with Crippen LogP contribution in [0.2, 0.25) is 0 Å². The van der Waals surface area contributed by atoms with Crippen molar-refractivity contribution in [2.45, 2.75) is 38.9 Å². The van der Waals surface area contributed by atoms with Crippen LogP contribution in [0.4, 0.5) is 0 Å². The van der Waals surface area contributed by atoms with Gasteiger partial charge >= 0.3 is 0 Å². The number of carbonyl (C=O) groups excluding carboxylic acids is 6. The maximum Gasteiger partial charge on any atom is 0.175 e. The average Bonchev–Trinajstić information content (AvgIpc) is 3.27. The molecule has 12 heteroatoms. The summed E-state index contributed by atoms with van der Waals surface area (Å²) in [6.45, 7) is 4.82. The normalized spacial score (nSPS) is 37.8. The maximum atomic E-state index is 15.0. The number of phenolic OH excluding ortho intramolecular Hbond substituents is 2. The Morgan fingerprint density at radius 2 is 0.935 bits per heavy atom. The molecular formula is C34H26O12. The lowest BCUT2D eigenvalue weighted by atomic mass is 9.41. The Hall–Kier alpha value is -4.94. The minimum absolute atomic E-state index is 0.307. The maximum absolute atomic E-state index is 15.0. The third-order valence-electron chi connectivity index (χ3n) is 11.7. The van der Waals surface area contributed by atoms with E-state index in [1.54, 1.807) is 0 Å². The Bertz CT molecular complexity index is 1970. The van der Waals surface area contributed by atoms with Crippen LogP contribution in [0.1, 0.15) is 56.8 Å². The summed E-state index contributed by atoms with van der Waals surface area (Å²) in [5, 5.41) is 70.5. The van der Waals surface area contributed by atoms with E-state index in [4.69, 9.17) is 0 Å². The predicted octanol–water partition coefficient (Wildman–Crippen LogP) is 1.62. The summed E-state index contributed by atoms with van der Waals surface area (Å²) in [5.41, 5.74) is -14.3. The molecule has 4 bridgehead atoms. The molecule has 46 heavy (non-hydrogen) atoms. The van der Waals surface area contributed by atoms with Crippen molar-refractivity contribution in [1.29, 1.82) is 0 Å². The van der Waals surface area contributed by atoms with Crippen LogP contribution >= 0.6 is 0 Å². The van der Waals surface area contributed by atoms with Gasteiger partial charge in [-0.3, -0.25) is 28.8 Å². The van der Waals surface area contributed by atoms with Gasteiger partial charge in [0.2, 0.25) is 0 Å². The van der Waals surface area contributed by atoms with Crippen molar-refractivity contribution >= 4 is 46.2 Å². The van der Waals surface area contributed by atoms with Gasteiger partial charge in [-0.2, -0.15) is 0 Å². The largest absolute Gasteiger partial charge is 0.507 e. The third-order valence-corrected chi connectivity index (χ3v) is 11.7. The molecule has 0 heterocycles. The molecule has 2 aromatic rings. The highest BCUT2D eigenvalue weighted by atomic mass is 16.3. The van der Waals surface area contributed by atoms with Gasteiger partial charge in [0.15, 0.2) is 34.7 Å². The summed E-state index contributed by atoms with van der Waals surface area (Å²) in [5.74, 6) is -18.9. The first-order chi connectivity index (χ1) is 21.4. The Kier molecular flexibility index (Phi) is 4.78. The molecule has 12 nitrogen and oxygen atoms in total. The minimum Gasteiger partial charge on any atom is -0.507 e. The number of aliphatic hydroxyl groups excluding tert-OH is 2. The van der Waals surface area contributed by atoms with E-state index in [0.717, 1.165) is 13.8 Å². The van der Waals surface area contributed by atoms with E-state index in [0.29, 0.717) is 11.1 Å². The van der Waals surface area contributed by atoms with Crippen molar-refractivity contribution in [3.63, 3.8) is 0 Å². The Morgan fingerprint density at radius 1 is 0.609 bits per heavy atom. The summed E-state index contributed by atoms with van der Waals surface area (Å²) in [6, 6.07) is 4.92. The van der Waals surface area contributed by atoms with Crippen molar-refractivity contribution in [1.82, 2.24) is 0 Å². The van der Waals surface area contributed by atoms with E-state index < -0.39 is 137 Å². The Balaban J connectivity index is 1.65. The van der Waals surface area contributed by atoms with Gasteiger partial charge < -0.3 is 30.6 Å². The lowest BCUT2D eigenvalue weighted by Crippen LogP contribution is -2.73. The zero-order chi connectivity index (χ0) is 33.5.